The Kier molecular flexibility index (Phi) is 6.96. The predicted molar refractivity (Wildman–Crippen MR) is 102 cm³/mol. The van der Waals surface area contributed by atoms with Crippen molar-refractivity contribution in [3.8, 4) is 11.8 Å². The van der Waals surface area contributed by atoms with Crippen LogP contribution in [-0.4, -0.2) is 45.7 Å². The van der Waals surface area contributed by atoms with E-state index in [1.165, 1.54) is 12.8 Å². The standard InChI is InChI=1S/C21H28N2O3/c1-16-12-18(5-4-17-2-3-17)6-7-20(16)21(22)13-23-8-9-24-14-19-15-25-10-11-26-19/h6-7,12-13,17,19,23H,2-3,8-11,14-15,22H2,1H3/b21-13-. The third-order valence-electron chi connectivity index (χ3n) is 4.37. The summed E-state index contributed by atoms with van der Waals surface area (Å²) in [5.41, 5.74) is 10.1. The molecular weight excluding hydrogens is 328 g/mol. The molecule has 5 nitrogen and oxygen atoms in total. The zero-order chi connectivity index (χ0) is 18.2. The number of benzene rings is 1. The summed E-state index contributed by atoms with van der Waals surface area (Å²) in [7, 11) is 0. The molecule has 1 atom stereocenters. The summed E-state index contributed by atoms with van der Waals surface area (Å²) in [5, 5.41) is 3.20. The van der Waals surface area contributed by atoms with Gasteiger partial charge in [-0.05, 0) is 37.5 Å². The number of hydrogen-bond acceptors (Lipinski definition) is 5. The lowest BCUT2D eigenvalue weighted by Gasteiger charge is -2.22. The van der Waals surface area contributed by atoms with Gasteiger partial charge in [-0.1, -0.05) is 17.9 Å². The van der Waals surface area contributed by atoms with Crippen molar-refractivity contribution in [1.82, 2.24) is 5.32 Å². The van der Waals surface area contributed by atoms with Crippen LogP contribution in [0.4, 0.5) is 0 Å². The monoisotopic (exact) mass is 356 g/mol. The summed E-state index contributed by atoms with van der Waals surface area (Å²) >= 11 is 0. The van der Waals surface area contributed by atoms with Crippen LogP contribution in [0.2, 0.25) is 0 Å². The number of nitrogens with two attached hydrogens (primary N) is 1. The fourth-order valence-electron chi connectivity index (χ4n) is 2.72. The lowest BCUT2D eigenvalue weighted by atomic mass is 10.0. The molecule has 140 valence electrons. The number of ether oxygens (including phenoxy) is 3. The van der Waals surface area contributed by atoms with Gasteiger partial charge in [0.2, 0.25) is 0 Å². The average Bonchev–Trinajstić information content (AvgIpc) is 3.48. The van der Waals surface area contributed by atoms with Crippen LogP contribution in [0, 0.1) is 24.7 Å². The van der Waals surface area contributed by atoms with E-state index in [4.69, 9.17) is 19.9 Å². The van der Waals surface area contributed by atoms with E-state index in [0.717, 1.165) is 16.7 Å². The van der Waals surface area contributed by atoms with Crippen LogP contribution < -0.4 is 11.1 Å². The molecule has 1 unspecified atom stereocenters. The van der Waals surface area contributed by atoms with Crippen molar-refractivity contribution in [2.24, 2.45) is 11.7 Å². The predicted octanol–water partition coefficient (Wildman–Crippen LogP) is 2.04. The van der Waals surface area contributed by atoms with Gasteiger partial charge in [0, 0.05) is 29.8 Å². The summed E-state index contributed by atoms with van der Waals surface area (Å²) < 4.78 is 16.5. The first-order valence-electron chi connectivity index (χ1n) is 9.31. The first kappa shape index (κ1) is 18.8. The SMILES string of the molecule is Cc1cc(C#CC2CC2)ccc1/C(N)=C/NCCOCC1COCCO1. The largest absolute Gasteiger partial charge is 0.397 e. The van der Waals surface area contributed by atoms with Gasteiger partial charge in [0.05, 0.1) is 38.7 Å². The minimum absolute atomic E-state index is 0.0496. The fraction of sp³-hybridized carbons (Fsp3) is 0.524. The number of aryl methyl sites for hydroxylation is 1. The maximum Gasteiger partial charge on any atom is 0.104 e. The van der Waals surface area contributed by atoms with Gasteiger partial charge >= 0.3 is 0 Å². The van der Waals surface area contributed by atoms with E-state index in [0.29, 0.717) is 51.2 Å². The molecule has 1 saturated carbocycles. The topological polar surface area (TPSA) is 65.7 Å². The van der Waals surface area contributed by atoms with Crippen LogP contribution in [0.15, 0.2) is 24.4 Å². The second-order valence-corrected chi connectivity index (χ2v) is 6.77. The van der Waals surface area contributed by atoms with Gasteiger partial charge < -0.3 is 25.3 Å². The van der Waals surface area contributed by atoms with Crippen molar-refractivity contribution in [2.75, 3.05) is 39.6 Å². The Bertz CT molecular complexity index is 680. The van der Waals surface area contributed by atoms with Crippen molar-refractivity contribution < 1.29 is 14.2 Å². The van der Waals surface area contributed by atoms with Crippen LogP contribution in [-0.2, 0) is 14.2 Å². The zero-order valence-corrected chi connectivity index (χ0v) is 15.4. The molecule has 0 amide bonds. The molecule has 1 aliphatic heterocycles. The van der Waals surface area contributed by atoms with Crippen molar-refractivity contribution in [3.05, 3.63) is 41.1 Å². The summed E-state index contributed by atoms with van der Waals surface area (Å²) in [6.07, 6.45) is 4.38. The van der Waals surface area contributed by atoms with Gasteiger partial charge in [0.25, 0.3) is 0 Å². The van der Waals surface area contributed by atoms with Crippen molar-refractivity contribution in [3.63, 3.8) is 0 Å². The maximum atomic E-state index is 6.19. The smallest absolute Gasteiger partial charge is 0.104 e. The lowest BCUT2D eigenvalue weighted by Crippen LogP contribution is -2.33. The van der Waals surface area contributed by atoms with E-state index < -0.39 is 0 Å². The average molecular weight is 356 g/mol. The maximum absolute atomic E-state index is 6.19. The van der Waals surface area contributed by atoms with Gasteiger partial charge in [-0.3, -0.25) is 0 Å². The highest BCUT2D eigenvalue weighted by Crippen LogP contribution is 2.27. The molecule has 1 heterocycles. The molecule has 2 aliphatic rings. The Morgan fingerprint density at radius 1 is 1.38 bits per heavy atom. The number of nitrogens with one attached hydrogen (secondary N) is 1. The van der Waals surface area contributed by atoms with E-state index in [1.807, 2.05) is 18.3 Å². The molecule has 3 N–H and O–H groups in total. The van der Waals surface area contributed by atoms with E-state index in [2.05, 4.69) is 30.1 Å². The molecule has 5 heteroatoms. The summed E-state index contributed by atoms with van der Waals surface area (Å²) in [6, 6.07) is 6.17. The highest BCUT2D eigenvalue weighted by atomic mass is 16.6. The molecule has 3 rings (SSSR count). The first-order valence-corrected chi connectivity index (χ1v) is 9.31. The van der Waals surface area contributed by atoms with Crippen LogP contribution >= 0.6 is 0 Å². The molecule has 1 aliphatic carbocycles. The van der Waals surface area contributed by atoms with Gasteiger partial charge in [-0.25, -0.2) is 0 Å². The second-order valence-electron chi connectivity index (χ2n) is 6.77. The molecule has 2 fully saturated rings. The molecule has 0 radical (unpaired) electrons. The van der Waals surface area contributed by atoms with Crippen LogP contribution in [0.5, 0.6) is 0 Å². The molecule has 1 saturated heterocycles. The van der Waals surface area contributed by atoms with Crippen molar-refractivity contribution >= 4 is 5.70 Å². The number of rotatable bonds is 7. The van der Waals surface area contributed by atoms with E-state index in [9.17, 15) is 0 Å². The summed E-state index contributed by atoms with van der Waals surface area (Å²) in [5.74, 6) is 7.15. The third kappa shape index (κ3) is 6.06. The van der Waals surface area contributed by atoms with E-state index in [1.54, 1.807) is 0 Å². The van der Waals surface area contributed by atoms with Crippen LogP contribution in [0.25, 0.3) is 5.70 Å². The number of hydrogen-bond donors (Lipinski definition) is 2. The van der Waals surface area contributed by atoms with E-state index in [-0.39, 0.29) is 6.10 Å². The second kappa shape index (κ2) is 9.63. The Hall–Kier alpha value is -2.00. The zero-order valence-electron chi connectivity index (χ0n) is 15.4. The minimum Gasteiger partial charge on any atom is -0.397 e. The highest BCUT2D eigenvalue weighted by Gasteiger charge is 2.17. The molecule has 1 aromatic rings. The van der Waals surface area contributed by atoms with Gasteiger partial charge in [-0.2, -0.15) is 0 Å². The Morgan fingerprint density at radius 3 is 3.00 bits per heavy atom. The molecular formula is C21H28N2O3. The lowest BCUT2D eigenvalue weighted by molar-refractivity contribution is -0.114. The van der Waals surface area contributed by atoms with Crippen molar-refractivity contribution in [1.29, 1.82) is 0 Å². The van der Waals surface area contributed by atoms with Crippen LogP contribution in [0.3, 0.4) is 0 Å². The van der Waals surface area contributed by atoms with Crippen molar-refractivity contribution in [2.45, 2.75) is 25.9 Å². The van der Waals surface area contributed by atoms with Gasteiger partial charge in [0.15, 0.2) is 0 Å². The first-order chi connectivity index (χ1) is 12.7. The minimum atomic E-state index is 0.0496. The van der Waals surface area contributed by atoms with E-state index >= 15 is 0 Å². The summed E-state index contributed by atoms with van der Waals surface area (Å²) in [4.78, 5) is 0. The molecule has 0 spiro atoms. The Balaban J connectivity index is 1.40. The summed E-state index contributed by atoms with van der Waals surface area (Å²) in [6.45, 7) is 5.85. The quantitative estimate of drug-likeness (QED) is 0.578. The molecule has 0 bridgehead atoms. The highest BCUT2D eigenvalue weighted by molar-refractivity contribution is 5.66. The Labute approximate surface area is 155 Å². The fourth-order valence-corrected chi connectivity index (χ4v) is 2.72. The van der Waals surface area contributed by atoms with Gasteiger partial charge in [0.1, 0.15) is 6.10 Å². The normalized spacial score (nSPS) is 20.3. The molecule has 0 aromatic heterocycles. The van der Waals surface area contributed by atoms with Crippen LogP contribution in [0.1, 0.15) is 29.5 Å². The Morgan fingerprint density at radius 2 is 2.27 bits per heavy atom. The van der Waals surface area contributed by atoms with Gasteiger partial charge in [-0.15, -0.1) is 0 Å². The third-order valence-corrected chi connectivity index (χ3v) is 4.37. The molecule has 1 aromatic carbocycles. The molecule has 26 heavy (non-hydrogen) atoms.